The van der Waals surface area contributed by atoms with Crippen molar-refractivity contribution in [1.29, 1.82) is 0 Å². The lowest BCUT2D eigenvalue weighted by Gasteiger charge is -2.19. The summed E-state index contributed by atoms with van der Waals surface area (Å²) in [6.07, 6.45) is 1.72. The van der Waals surface area contributed by atoms with Crippen molar-refractivity contribution in [3.63, 3.8) is 0 Å². The van der Waals surface area contributed by atoms with Crippen molar-refractivity contribution in [3.8, 4) is 0 Å². The molecule has 0 aliphatic heterocycles. The van der Waals surface area contributed by atoms with Crippen LogP contribution in [0.1, 0.15) is 47.4 Å². The van der Waals surface area contributed by atoms with Crippen molar-refractivity contribution in [2.75, 3.05) is 14.1 Å². The number of guanidine groups is 1. The van der Waals surface area contributed by atoms with Crippen LogP contribution in [0.2, 0.25) is 0 Å². The summed E-state index contributed by atoms with van der Waals surface area (Å²) in [5.41, 5.74) is 3.69. The number of nitrogens with one attached hydrogen (secondary N) is 2. The molecule has 0 fully saturated rings. The third-order valence-electron chi connectivity index (χ3n) is 4.80. The summed E-state index contributed by atoms with van der Waals surface area (Å²) in [6, 6.07) is 12.4. The topological polar surface area (TPSA) is 65.7 Å². The summed E-state index contributed by atoms with van der Waals surface area (Å²) in [5.74, 6) is 2.20. The summed E-state index contributed by atoms with van der Waals surface area (Å²) in [7, 11) is 3.90. The molecule has 0 bridgehead atoms. The highest BCUT2D eigenvalue weighted by Gasteiger charge is 2.09. The third-order valence-corrected chi connectivity index (χ3v) is 5.67. The lowest BCUT2D eigenvalue weighted by atomic mass is 10.1. The lowest BCUT2D eigenvalue weighted by Crippen LogP contribution is -2.36. The Balaban J connectivity index is 0.00000341. The number of halogens is 1. The Morgan fingerprint density at radius 3 is 2.48 bits per heavy atom. The number of hydrogen-bond acceptors (Lipinski definition) is 5. The van der Waals surface area contributed by atoms with Crippen molar-refractivity contribution < 1.29 is 4.42 Å². The fraction of sp³-hybridized carbons (Fsp3) is 0.391. The molecule has 8 heteroatoms. The first-order chi connectivity index (χ1) is 14.5. The maximum atomic E-state index is 5.46. The Morgan fingerprint density at radius 2 is 1.84 bits per heavy atom. The molecule has 2 heterocycles. The molecule has 1 aromatic carbocycles. The van der Waals surface area contributed by atoms with Crippen LogP contribution in [-0.2, 0) is 26.2 Å². The fourth-order valence-corrected chi connectivity index (χ4v) is 4.03. The van der Waals surface area contributed by atoms with Gasteiger partial charge in [-0.3, -0.25) is 9.89 Å². The molecule has 31 heavy (non-hydrogen) atoms. The van der Waals surface area contributed by atoms with Crippen LogP contribution < -0.4 is 10.6 Å². The zero-order chi connectivity index (χ0) is 21.3. The number of hydrogen-bond donors (Lipinski definition) is 2. The van der Waals surface area contributed by atoms with Gasteiger partial charge in [-0.2, -0.15) is 0 Å². The maximum absolute atomic E-state index is 5.46. The van der Waals surface area contributed by atoms with Gasteiger partial charge in [-0.25, -0.2) is 4.98 Å². The number of rotatable bonds is 9. The molecule has 0 aliphatic rings. The van der Waals surface area contributed by atoms with Crippen LogP contribution in [0.4, 0.5) is 0 Å². The minimum absolute atomic E-state index is 0. The first kappa shape index (κ1) is 25.4. The standard InChI is InChI=1S/C23H31N5OS.HI/c1-17(2)21-16-30-22(27-21)13-26-23(24-3)25-12-18-8-5-6-9-19(18)14-28(4)15-20-10-7-11-29-20;/h5-11,16-17H,12-15H2,1-4H3,(H2,24,25,26);1H. The molecule has 3 aromatic rings. The molecule has 0 saturated carbocycles. The van der Waals surface area contributed by atoms with E-state index in [1.54, 1.807) is 24.6 Å². The number of nitrogens with zero attached hydrogens (tertiary/aromatic N) is 3. The molecule has 0 saturated heterocycles. The predicted octanol–water partition coefficient (Wildman–Crippen LogP) is 4.97. The minimum atomic E-state index is 0. The van der Waals surface area contributed by atoms with Crippen molar-refractivity contribution in [1.82, 2.24) is 20.5 Å². The van der Waals surface area contributed by atoms with Gasteiger partial charge in [-0.15, -0.1) is 35.3 Å². The van der Waals surface area contributed by atoms with Gasteiger partial charge in [0.1, 0.15) is 10.8 Å². The van der Waals surface area contributed by atoms with Crippen LogP contribution in [0.5, 0.6) is 0 Å². The molecular weight excluding hydrogens is 521 g/mol. The van der Waals surface area contributed by atoms with E-state index in [-0.39, 0.29) is 24.0 Å². The summed E-state index contributed by atoms with van der Waals surface area (Å²) in [6.45, 7) is 7.34. The van der Waals surface area contributed by atoms with Crippen molar-refractivity contribution in [3.05, 3.63) is 75.6 Å². The van der Waals surface area contributed by atoms with Crippen LogP contribution in [0.3, 0.4) is 0 Å². The molecule has 0 spiro atoms. The molecule has 0 amide bonds. The minimum Gasteiger partial charge on any atom is -0.468 e. The van der Waals surface area contributed by atoms with Crippen LogP contribution in [0, 0.1) is 0 Å². The number of aliphatic imine (C=N–C) groups is 1. The zero-order valence-electron chi connectivity index (χ0n) is 18.6. The van der Waals surface area contributed by atoms with Crippen molar-refractivity contribution in [2.24, 2.45) is 4.99 Å². The zero-order valence-corrected chi connectivity index (χ0v) is 21.7. The fourth-order valence-electron chi connectivity index (χ4n) is 3.13. The number of thiazole rings is 1. The summed E-state index contributed by atoms with van der Waals surface area (Å²) >= 11 is 1.69. The largest absolute Gasteiger partial charge is 0.468 e. The van der Waals surface area contributed by atoms with Gasteiger partial charge in [-0.1, -0.05) is 38.1 Å². The molecule has 0 aliphatic carbocycles. The predicted molar refractivity (Wildman–Crippen MR) is 139 cm³/mol. The maximum Gasteiger partial charge on any atom is 0.191 e. The monoisotopic (exact) mass is 553 g/mol. The molecule has 0 atom stereocenters. The lowest BCUT2D eigenvalue weighted by molar-refractivity contribution is 0.287. The summed E-state index contributed by atoms with van der Waals surface area (Å²) in [4.78, 5) is 11.3. The van der Waals surface area contributed by atoms with Gasteiger partial charge < -0.3 is 15.1 Å². The van der Waals surface area contributed by atoms with Crippen molar-refractivity contribution in [2.45, 2.75) is 45.9 Å². The van der Waals surface area contributed by atoms with E-state index in [2.05, 4.69) is 76.1 Å². The Hall–Kier alpha value is -1.91. The Morgan fingerprint density at radius 1 is 1.10 bits per heavy atom. The second-order valence-corrected chi connectivity index (χ2v) is 8.56. The van der Waals surface area contributed by atoms with E-state index in [4.69, 9.17) is 4.42 Å². The smallest absolute Gasteiger partial charge is 0.191 e. The quantitative estimate of drug-likeness (QED) is 0.223. The van der Waals surface area contributed by atoms with Gasteiger partial charge >= 0.3 is 0 Å². The van der Waals surface area contributed by atoms with Gasteiger partial charge in [0, 0.05) is 25.5 Å². The Labute approximate surface area is 206 Å². The Kier molecular flexibility index (Phi) is 10.5. The number of aromatic nitrogens is 1. The van der Waals surface area contributed by atoms with E-state index in [1.807, 2.05) is 12.1 Å². The van der Waals surface area contributed by atoms with Crippen molar-refractivity contribution >= 4 is 41.3 Å². The number of furan rings is 1. The second-order valence-electron chi connectivity index (χ2n) is 7.62. The first-order valence-corrected chi connectivity index (χ1v) is 11.1. The van der Waals surface area contributed by atoms with E-state index in [0.717, 1.165) is 35.5 Å². The number of benzene rings is 1. The van der Waals surface area contributed by atoms with Gasteiger partial charge in [-0.05, 0) is 36.2 Å². The van der Waals surface area contributed by atoms with E-state index < -0.39 is 0 Å². The summed E-state index contributed by atoms with van der Waals surface area (Å²) < 4.78 is 5.46. The highest BCUT2D eigenvalue weighted by Crippen LogP contribution is 2.17. The molecular formula is C23H32IN5OS. The van der Waals surface area contributed by atoms with E-state index in [9.17, 15) is 0 Å². The highest BCUT2D eigenvalue weighted by molar-refractivity contribution is 14.0. The van der Waals surface area contributed by atoms with Crippen LogP contribution in [-0.4, -0.2) is 29.9 Å². The molecule has 0 unspecified atom stereocenters. The van der Waals surface area contributed by atoms with Gasteiger partial charge in [0.2, 0.25) is 0 Å². The van der Waals surface area contributed by atoms with Gasteiger partial charge in [0.15, 0.2) is 5.96 Å². The van der Waals surface area contributed by atoms with E-state index in [1.165, 1.54) is 11.1 Å². The Bertz CT molecular complexity index is 939. The third kappa shape index (κ3) is 7.93. The second kappa shape index (κ2) is 12.8. The molecule has 2 aromatic heterocycles. The van der Waals surface area contributed by atoms with E-state index >= 15 is 0 Å². The molecule has 168 valence electrons. The van der Waals surface area contributed by atoms with Crippen LogP contribution in [0.15, 0.2) is 57.5 Å². The van der Waals surface area contributed by atoms with E-state index in [0.29, 0.717) is 19.0 Å². The average Bonchev–Trinajstić information content (AvgIpc) is 3.41. The highest BCUT2D eigenvalue weighted by atomic mass is 127. The van der Waals surface area contributed by atoms with Crippen LogP contribution in [0.25, 0.3) is 0 Å². The van der Waals surface area contributed by atoms with Gasteiger partial charge in [0.05, 0.1) is 25.0 Å². The first-order valence-electron chi connectivity index (χ1n) is 10.2. The molecule has 3 rings (SSSR count). The normalized spacial score (nSPS) is 11.6. The molecule has 6 nitrogen and oxygen atoms in total. The van der Waals surface area contributed by atoms with Crippen LogP contribution >= 0.6 is 35.3 Å². The average molecular weight is 554 g/mol. The molecule has 2 N–H and O–H groups in total. The summed E-state index contributed by atoms with van der Waals surface area (Å²) in [5, 5.41) is 9.99. The SMILES string of the molecule is CN=C(NCc1nc(C(C)C)cs1)NCc1ccccc1CN(C)Cc1ccco1.I. The van der Waals surface area contributed by atoms with Gasteiger partial charge in [0.25, 0.3) is 0 Å². The molecule has 0 radical (unpaired) electrons.